The number of aliphatic hydroxyl groups is 1. The lowest BCUT2D eigenvalue weighted by atomic mass is 10.2. The fourth-order valence-corrected chi connectivity index (χ4v) is 1.32. The van der Waals surface area contributed by atoms with Crippen LogP contribution < -0.4 is 16.4 Å². The summed E-state index contributed by atoms with van der Waals surface area (Å²) >= 11 is 4.91. The SMILES string of the molecule is Nc1cccc(CNC(=S)NCCO)c1F. The number of nitrogen functional groups attached to an aromatic ring is 1. The van der Waals surface area contributed by atoms with E-state index in [1.165, 1.54) is 6.07 Å². The Labute approximate surface area is 98.6 Å². The van der Waals surface area contributed by atoms with Crippen molar-refractivity contribution in [3.8, 4) is 0 Å². The first-order chi connectivity index (χ1) is 7.65. The molecule has 1 rings (SSSR count). The lowest BCUT2D eigenvalue weighted by Crippen LogP contribution is -2.36. The van der Waals surface area contributed by atoms with Crippen LogP contribution in [0.15, 0.2) is 18.2 Å². The van der Waals surface area contributed by atoms with Crippen LogP contribution in [0.25, 0.3) is 0 Å². The van der Waals surface area contributed by atoms with Gasteiger partial charge >= 0.3 is 0 Å². The Morgan fingerprint density at radius 2 is 2.19 bits per heavy atom. The number of aliphatic hydroxyl groups excluding tert-OH is 1. The van der Waals surface area contributed by atoms with Gasteiger partial charge in [-0.3, -0.25) is 0 Å². The van der Waals surface area contributed by atoms with Crippen molar-refractivity contribution in [1.29, 1.82) is 0 Å². The molecule has 0 atom stereocenters. The number of thiocarbonyl (C=S) groups is 1. The Balaban J connectivity index is 2.48. The van der Waals surface area contributed by atoms with Crippen molar-refractivity contribution in [2.75, 3.05) is 18.9 Å². The lowest BCUT2D eigenvalue weighted by Gasteiger charge is -2.10. The molecule has 0 aliphatic carbocycles. The fourth-order valence-electron chi connectivity index (χ4n) is 1.14. The van der Waals surface area contributed by atoms with Gasteiger partial charge in [0.25, 0.3) is 0 Å². The van der Waals surface area contributed by atoms with Crippen LogP contribution in [0.2, 0.25) is 0 Å². The summed E-state index contributed by atoms with van der Waals surface area (Å²) in [5, 5.41) is 14.5. The maximum absolute atomic E-state index is 13.4. The van der Waals surface area contributed by atoms with Gasteiger partial charge in [0.15, 0.2) is 10.9 Å². The van der Waals surface area contributed by atoms with Gasteiger partial charge in [-0.2, -0.15) is 0 Å². The molecule has 0 spiro atoms. The third kappa shape index (κ3) is 3.63. The van der Waals surface area contributed by atoms with Gasteiger partial charge in [-0.05, 0) is 18.3 Å². The molecule has 1 aromatic carbocycles. The molecule has 0 fully saturated rings. The molecule has 1 aromatic rings. The van der Waals surface area contributed by atoms with Gasteiger partial charge in [-0.25, -0.2) is 4.39 Å². The molecule has 88 valence electrons. The van der Waals surface area contributed by atoms with Crippen LogP contribution in [0.1, 0.15) is 5.56 Å². The standard InChI is InChI=1S/C10H14FN3OS/c11-9-7(2-1-3-8(9)12)6-14-10(16)13-4-5-15/h1-3,15H,4-6,12H2,(H2,13,14,16). The maximum atomic E-state index is 13.4. The van der Waals surface area contributed by atoms with Crippen molar-refractivity contribution in [3.63, 3.8) is 0 Å². The van der Waals surface area contributed by atoms with Crippen molar-refractivity contribution in [1.82, 2.24) is 10.6 Å². The van der Waals surface area contributed by atoms with E-state index in [1.807, 2.05) is 0 Å². The van der Waals surface area contributed by atoms with Gasteiger partial charge in [0.2, 0.25) is 0 Å². The Morgan fingerprint density at radius 3 is 2.88 bits per heavy atom. The van der Waals surface area contributed by atoms with Crippen LogP contribution >= 0.6 is 12.2 Å². The largest absolute Gasteiger partial charge is 0.396 e. The van der Waals surface area contributed by atoms with Crippen molar-refractivity contribution < 1.29 is 9.50 Å². The zero-order valence-electron chi connectivity index (χ0n) is 8.66. The highest BCUT2D eigenvalue weighted by Crippen LogP contribution is 2.13. The fraction of sp³-hybridized carbons (Fsp3) is 0.300. The second-order valence-electron chi connectivity index (χ2n) is 3.15. The molecular weight excluding hydrogens is 229 g/mol. The van der Waals surface area contributed by atoms with E-state index in [-0.39, 0.29) is 18.8 Å². The number of nitrogens with one attached hydrogen (secondary N) is 2. The lowest BCUT2D eigenvalue weighted by molar-refractivity contribution is 0.300. The molecule has 16 heavy (non-hydrogen) atoms. The number of nitrogens with two attached hydrogens (primary N) is 1. The predicted molar refractivity (Wildman–Crippen MR) is 65.3 cm³/mol. The van der Waals surface area contributed by atoms with Crippen molar-refractivity contribution in [2.45, 2.75) is 6.54 Å². The van der Waals surface area contributed by atoms with Crippen molar-refractivity contribution in [2.24, 2.45) is 0 Å². The summed E-state index contributed by atoms with van der Waals surface area (Å²) in [6.45, 7) is 0.619. The molecule has 0 aromatic heterocycles. The van der Waals surface area contributed by atoms with Crippen LogP contribution in [-0.2, 0) is 6.54 Å². The van der Waals surface area contributed by atoms with Gasteiger partial charge in [-0.15, -0.1) is 0 Å². The van der Waals surface area contributed by atoms with Gasteiger partial charge in [0.05, 0.1) is 12.3 Å². The highest BCUT2D eigenvalue weighted by molar-refractivity contribution is 7.80. The monoisotopic (exact) mass is 243 g/mol. The molecule has 0 heterocycles. The van der Waals surface area contributed by atoms with E-state index in [0.717, 1.165) is 0 Å². The Morgan fingerprint density at radius 1 is 1.44 bits per heavy atom. The minimum atomic E-state index is -0.431. The first-order valence-corrected chi connectivity index (χ1v) is 5.21. The first-order valence-electron chi connectivity index (χ1n) is 4.80. The second kappa shape index (κ2) is 6.24. The van der Waals surface area contributed by atoms with E-state index in [9.17, 15) is 4.39 Å². The number of benzene rings is 1. The highest BCUT2D eigenvalue weighted by atomic mass is 32.1. The van der Waals surface area contributed by atoms with Crippen molar-refractivity contribution in [3.05, 3.63) is 29.6 Å². The Hall–Kier alpha value is -1.40. The van der Waals surface area contributed by atoms with Crippen LogP contribution in [0.3, 0.4) is 0 Å². The summed E-state index contributed by atoms with van der Waals surface area (Å²) in [5.41, 5.74) is 5.99. The van der Waals surface area contributed by atoms with Gasteiger partial charge < -0.3 is 21.5 Å². The molecule has 5 N–H and O–H groups in total. The van der Waals surface area contributed by atoms with Crippen LogP contribution in [0.4, 0.5) is 10.1 Å². The van der Waals surface area contributed by atoms with Crippen molar-refractivity contribution >= 4 is 23.0 Å². The average molecular weight is 243 g/mol. The molecule has 0 unspecified atom stereocenters. The van der Waals surface area contributed by atoms with Crippen LogP contribution in [0.5, 0.6) is 0 Å². The third-order valence-electron chi connectivity index (χ3n) is 1.95. The quantitative estimate of drug-likeness (QED) is 0.454. The number of anilines is 1. The zero-order chi connectivity index (χ0) is 12.0. The molecule has 0 radical (unpaired) electrons. The summed E-state index contributed by atoms with van der Waals surface area (Å²) in [6, 6.07) is 4.81. The minimum absolute atomic E-state index is 0.00549. The summed E-state index contributed by atoms with van der Waals surface area (Å²) < 4.78 is 13.4. The molecule has 0 bridgehead atoms. The maximum Gasteiger partial charge on any atom is 0.166 e. The topological polar surface area (TPSA) is 70.3 Å². The number of rotatable bonds is 4. The average Bonchev–Trinajstić information content (AvgIpc) is 2.28. The van der Waals surface area contributed by atoms with E-state index < -0.39 is 5.82 Å². The summed E-state index contributed by atoms with van der Waals surface area (Å²) in [5.74, 6) is -0.431. The van der Waals surface area contributed by atoms with Crippen LogP contribution in [-0.4, -0.2) is 23.4 Å². The highest BCUT2D eigenvalue weighted by Gasteiger charge is 2.05. The molecule has 4 nitrogen and oxygen atoms in total. The number of hydrogen-bond acceptors (Lipinski definition) is 3. The summed E-state index contributed by atoms with van der Waals surface area (Å²) in [6.07, 6.45) is 0. The van der Waals surface area contributed by atoms with E-state index in [2.05, 4.69) is 10.6 Å². The Kier molecular flexibility index (Phi) is 4.94. The van der Waals surface area contributed by atoms with Gasteiger partial charge in [-0.1, -0.05) is 12.1 Å². The third-order valence-corrected chi connectivity index (χ3v) is 2.23. The predicted octanol–water partition coefficient (Wildman–Crippen LogP) is 0.364. The van der Waals surface area contributed by atoms with Gasteiger partial charge in [0.1, 0.15) is 0 Å². The normalized spacial score (nSPS) is 9.88. The molecule has 0 saturated heterocycles. The zero-order valence-corrected chi connectivity index (χ0v) is 9.48. The molecule has 0 aliphatic rings. The van der Waals surface area contributed by atoms with E-state index in [4.69, 9.17) is 23.1 Å². The van der Waals surface area contributed by atoms with Gasteiger partial charge in [0, 0.05) is 18.7 Å². The Bertz CT molecular complexity index is 373. The molecule has 6 heteroatoms. The minimum Gasteiger partial charge on any atom is -0.396 e. The summed E-state index contributed by atoms with van der Waals surface area (Å²) in [4.78, 5) is 0. The molecule has 0 amide bonds. The smallest absolute Gasteiger partial charge is 0.166 e. The van der Waals surface area contributed by atoms with E-state index in [0.29, 0.717) is 17.2 Å². The summed E-state index contributed by atoms with van der Waals surface area (Å²) in [7, 11) is 0. The number of halogens is 1. The van der Waals surface area contributed by atoms with E-state index in [1.54, 1.807) is 12.1 Å². The number of hydrogen-bond donors (Lipinski definition) is 4. The molecular formula is C10H14FN3OS. The molecule has 0 aliphatic heterocycles. The van der Waals surface area contributed by atoms with Crippen LogP contribution in [0, 0.1) is 5.82 Å². The second-order valence-corrected chi connectivity index (χ2v) is 3.56. The molecule has 0 saturated carbocycles. The first kappa shape index (κ1) is 12.7. The van der Waals surface area contributed by atoms with E-state index >= 15 is 0 Å².